The average Bonchev–Trinajstić information content (AvgIpc) is 3.15. The van der Waals surface area contributed by atoms with Crippen molar-refractivity contribution in [2.75, 3.05) is 0 Å². The Kier molecular flexibility index (Phi) is 3.06. The number of nitrogens with zero attached hydrogens (tertiary/aromatic N) is 3. The first-order valence-corrected chi connectivity index (χ1v) is 6.27. The highest BCUT2D eigenvalue weighted by Crippen LogP contribution is 2.32. The first-order valence-electron chi connectivity index (χ1n) is 6.27. The van der Waals surface area contributed by atoms with Gasteiger partial charge >= 0.3 is 0 Å². The third-order valence-corrected chi connectivity index (χ3v) is 3.26. The molecule has 0 saturated heterocycles. The summed E-state index contributed by atoms with van der Waals surface area (Å²) in [6.07, 6.45) is 7.36. The summed E-state index contributed by atoms with van der Waals surface area (Å²) < 4.78 is 5.23. The van der Waals surface area contributed by atoms with Crippen molar-refractivity contribution < 1.29 is 4.52 Å². The Morgan fingerprint density at radius 3 is 2.83 bits per heavy atom. The summed E-state index contributed by atoms with van der Waals surface area (Å²) in [6.45, 7) is 0. The molecule has 1 fully saturated rings. The second-order valence-corrected chi connectivity index (χ2v) is 4.84. The lowest BCUT2D eigenvalue weighted by Gasteiger charge is -2.04. The van der Waals surface area contributed by atoms with E-state index in [4.69, 9.17) is 10.3 Å². The van der Waals surface area contributed by atoms with Crippen molar-refractivity contribution in [3.8, 4) is 0 Å². The molecule has 5 nitrogen and oxygen atoms in total. The minimum Gasteiger partial charge on any atom is -0.339 e. The lowest BCUT2D eigenvalue weighted by atomic mass is 10.1. The van der Waals surface area contributed by atoms with Gasteiger partial charge in [-0.15, -0.1) is 0 Å². The van der Waals surface area contributed by atoms with E-state index in [0.29, 0.717) is 30.5 Å². The van der Waals surface area contributed by atoms with E-state index in [9.17, 15) is 0 Å². The van der Waals surface area contributed by atoms with Crippen LogP contribution in [0.4, 0.5) is 0 Å². The summed E-state index contributed by atoms with van der Waals surface area (Å²) in [5, 5.41) is 3.98. The summed E-state index contributed by atoms with van der Waals surface area (Å²) >= 11 is 0. The van der Waals surface area contributed by atoms with Crippen molar-refractivity contribution in [3.63, 3.8) is 0 Å². The fourth-order valence-electron chi connectivity index (χ4n) is 2.02. The van der Waals surface area contributed by atoms with Gasteiger partial charge in [-0.05, 0) is 36.5 Å². The van der Waals surface area contributed by atoms with Gasteiger partial charge in [-0.2, -0.15) is 4.98 Å². The van der Waals surface area contributed by atoms with E-state index in [1.807, 2.05) is 12.1 Å². The molecule has 0 aliphatic heterocycles. The zero-order valence-corrected chi connectivity index (χ0v) is 10.1. The molecule has 94 valence electrons. The van der Waals surface area contributed by atoms with Crippen molar-refractivity contribution in [2.45, 2.75) is 31.7 Å². The van der Waals surface area contributed by atoms with E-state index in [0.717, 1.165) is 5.56 Å². The number of aromatic nitrogens is 3. The van der Waals surface area contributed by atoms with Gasteiger partial charge in [-0.25, -0.2) is 0 Å². The second kappa shape index (κ2) is 4.86. The van der Waals surface area contributed by atoms with Gasteiger partial charge in [0.15, 0.2) is 5.82 Å². The van der Waals surface area contributed by atoms with Crippen molar-refractivity contribution in [2.24, 2.45) is 11.7 Å². The fourth-order valence-corrected chi connectivity index (χ4v) is 2.02. The van der Waals surface area contributed by atoms with Crippen LogP contribution in [0.25, 0.3) is 0 Å². The van der Waals surface area contributed by atoms with Gasteiger partial charge in [0.1, 0.15) is 0 Å². The Morgan fingerprint density at radius 2 is 2.11 bits per heavy atom. The Hall–Kier alpha value is -1.75. The normalized spacial score (nSPS) is 16.7. The molecule has 2 aromatic heterocycles. The first kappa shape index (κ1) is 11.3. The molecule has 0 bridgehead atoms. The zero-order chi connectivity index (χ0) is 12.4. The monoisotopic (exact) mass is 244 g/mol. The van der Waals surface area contributed by atoms with E-state index in [1.54, 1.807) is 12.4 Å². The third-order valence-electron chi connectivity index (χ3n) is 3.26. The van der Waals surface area contributed by atoms with Crippen LogP contribution in [0.5, 0.6) is 0 Å². The summed E-state index contributed by atoms with van der Waals surface area (Å²) in [7, 11) is 0. The highest BCUT2D eigenvalue weighted by molar-refractivity contribution is 5.14. The second-order valence-electron chi connectivity index (χ2n) is 4.84. The standard InChI is InChI=1S/C13H16N4O/c14-11(10-1-2-10)8-13-16-12(17-18-13)7-9-3-5-15-6-4-9/h3-6,10-11H,1-2,7-8,14H2. The molecule has 1 aliphatic rings. The van der Waals surface area contributed by atoms with Crippen LogP contribution in [0.15, 0.2) is 29.0 Å². The molecule has 2 heterocycles. The molecule has 1 unspecified atom stereocenters. The van der Waals surface area contributed by atoms with Crippen LogP contribution in [-0.4, -0.2) is 21.2 Å². The van der Waals surface area contributed by atoms with E-state index in [2.05, 4.69) is 15.1 Å². The largest absolute Gasteiger partial charge is 0.339 e. The third kappa shape index (κ3) is 2.73. The van der Waals surface area contributed by atoms with E-state index in [1.165, 1.54) is 12.8 Å². The van der Waals surface area contributed by atoms with Gasteiger partial charge in [-0.1, -0.05) is 5.16 Å². The molecular formula is C13H16N4O. The maximum Gasteiger partial charge on any atom is 0.228 e. The predicted octanol–water partition coefficient (Wildman–Crippen LogP) is 1.34. The highest BCUT2D eigenvalue weighted by atomic mass is 16.5. The molecule has 1 atom stereocenters. The lowest BCUT2D eigenvalue weighted by Crippen LogP contribution is -2.25. The molecular weight excluding hydrogens is 228 g/mol. The Balaban J connectivity index is 1.62. The molecule has 0 spiro atoms. The van der Waals surface area contributed by atoms with E-state index >= 15 is 0 Å². The molecule has 1 aliphatic carbocycles. The number of hydrogen-bond acceptors (Lipinski definition) is 5. The number of nitrogens with two attached hydrogens (primary N) is 1. The topological polar surface area (TPSA) is 77.8 Å². The van der Waals surface area contributed by atoms with Crippen LogP contribution < -0.4 is 5.73 Å². The first-order chi connectivity index (χ1) is 8.81. The molecule has 3 rings (SSSR count). The van der Waals surface area contributed by atoms with E-state index < -0.39 is 0 Å². The minimum absolute atomic E-state index is 0.166. The number of hydrogen-bond donors (Lipinski definition) is 1. The van der Waals surface area contributed by atoms with Crippen LogP contribution in [-0.2, 0) is 12.8 Å². The van der Waals surface area contributed by atoms with Crippen LogP contribution in [0.3, 0.4) is 0 Å². The van der Waals surface area contributed by atoms with Gasteiger partial charge in [0.05, 0.1) is 0 Å². The minimum atomic E-state index is 0.166. The highest BCUT2D eigenvalue weighted by Gasteiger charge is 2.29. The van der Waals surface area contributed by atoms with E-state index in [-0.39, 0.29) is 6.04 Å². The maximum absolute atomic E-state index is 6.04. The van der Waals surface area contributed by atoms with Crippen molar-refractivity contribution in [3.05, 3.63) is 41.8 Å². The van der Waals surface area contributed by atoms with Gasteiger partial charge in [-0.3, -0.25) is 4.98 Å². The van der Waals surface area contributed by atoms with Crippen LogP contribution >= 0.6 is 0 Å². The van der Waals surface area contributed by atoms with Crippen molar-refractivity contribution in [1.29, 1.82) is 0 Å². The Morgan fingerprint density at radius 1 is 1.33 bits per heavy atom. The summed E-state index contributed by atoms with van der Waals surface area (Å²) in [5.41, 5.74) is 7.17. The van der Waals surface area contributed by atoms with Gasteiger partial charge in [0, 0.05) is 31.3 Å². The molecule has 1 saturated carbocycles. The van der Waals surface area contributed by atoms with Gasteiger partial charge < -0.3 is 10.3 Å². The Bertz CT molecular complexity index is 507. The van der Waals surface area contributed by atoms with Gasteiger partial charge in [0.25, 0.3) is 0 Å². The SMILES string of the molecule is NC(Cc1nc(Cc2ccncc2)no1)C1CC1. The number of pyridine rings is 1. The Labute approximate surface area is 105 Å². The summed E-state index contributed by atoms with van der Waals surface area (Å²) in [5.74, 6) is 2.01. The average molecular weight is 244 g/mol. The molecule has 0 aromatic carbocycles. The molecule has 0 amide bonds. The molecule has 18 heavy (non-hydrogen) atoms. The lowest BCUT2D eigenvalue weighted by molar-refractivity contribution is 0.359. The summed E-state index contributed by atoms with van der Waals surface area (Å²) in [6, 6.07) is 4.07. The quantitative estimate of drug-likeness (QED) is 0.858. The zero-order valence-electron chi connectivity index (χ0n) is 10.1. The number of rotatable bonds is 5. The molecule has 5 heteroatoms. The van der Waals surface area contributed by atoms with Crippen LogP contribution in [0.1, 0.15) is 30.1 Å². The molecule has 2 N–H and O–H groups in total. The summed E-state index contributed by atoms with van der Waals surface area (Å²) in [4.78, 5) is 8.35. The molecule has 0 radical (unpaired) electrons. The smallest absolute Gasteiger partial charge is 0.228 e. The van der Waals surface area contributed by atoms with Crippen molar-refractivity contribution >= 4 is 0 Å². The van der Waals surface area contributed by atoms with Crippen molar-refractivity contribution in [1.82, 2.24) is 15.1 Å². The predicted molar refractivity (Wildman–Crippen MR) is 65.7 cm³/mol. The molecule has 2 aromatic rings. The van der Waals surface area contributed by atoms with Crippen LogP contribution in [0, 0.1) is 5.92 Å². The maximum atomic E-state index is 6.04. The van der Waals surface area contributed by atoms with Gasteiger partial charge in [0.2, 0.25) is 5.89 Å². The van der Waals surface area contributed by atoms with Crippen LogP contribution in [0.2, 0.25) is 0 Å². The fraction of sp³-hybridized carbons (Fsp3) is 0.462.